The number of carbonyl (C=O) groups is 1. The van der Waals surface area contributed by atoms with Crippen LogP contribution < -0.4 is 0 Å². The Morgan fingerprint density at radius 2 is 1.76 bits per heavy atom. The monoisotopic (exact) mass is 361 g/mol. The third-order valence-electron chi connectivity index (χ3n) is 4.59. The van der Waals surface area contributed by atoms with Crippen LogP contribution in [0, 0.1) is 5.41 Å². The topological polar surface area (TPSA) is 20.3 Å². The normalized spacial score (nSPS) is 20.7. The van der Waals surface area contributed by atoms with Crippen LogP contribution in [-0.2, 0) is 6.18 Å². The first-order valence-corrected chi connectivity index (χ1v) is 7.76. The van der Waals surface area contributed by atoms with E-state index < -0.39 is 11.7 Å². The highest BCUT2D eigenvalue weighted by Crippen LogP contribution is 2.53. The molecule has 1 aliphatic carbocycles. The Labute approximate surface area is 129 Å². The molecule has 0 radical (unpaired) electrons. The Morgan fingerprint density at radius 1 is 1.14 bits per heavy atom. The Kier molecular flexibility index (Phi) is 3.55. The fraction of sp³-hybridized carbons (Fsp3) is 0.533. The van der Waals surface area contributed by atoms with E-state index in [4.69, 9.17) is 0 Å². The fourth-order valence-corrected chi connectivity index (χ4v) is 3.39. The van der Waals surface area contributed by atoms with Gasteiger partial charge in [0, 0.05) is 23.1 Å². The maximum Gasteiger partial charge on any atom is 0.417 e. The molecular formula is C15H15BrF3NO. The first kappa shape index (κ1) is 14.9. The minimum absolute atomic E-state index is 0.0397. The molecule has 2 aliphatic rings. The van der Waals surface area contributed by atoms with Crippen LogP contribution in [0.1, 0.15) is 41.6 Å². The van der Waals surface area contributed by atoms with Crippen molar-refractivity contribution in [2.75, 3.05) is 13.1 Å². The lowest BCUT2D eigenvalue weighted by molar-refractivity contribution is -0.138. The Hall–Kier alpha value is -1.04. The molecule has 0 N–H and O–H groups in total. The molecule has 2 fully saturated rings. The van der Waals surface area contributed by atoms with Gasteiger partial charge in [0.05, 0.1) is 5.56 Å². The van der Waals surface area contributed by atoms with Gasteiger partial charge in [0.15, 0.2) is 0 Å². The number of piperidine rings is 1. The number of rotatable bonds is 1. The molecule has 0 unspecified atom stereocenters. The number of alkyl halides is 3. The lowest BCUT2D eigenvalue weighted by Crippen LogP contribution is -2.39. The smallest absolute Gasteiger partial charge is 0.339 e. The van der Waals surface area contributed by atoms with Crippen molar-refractivity contribution in [3.63, 3.8) is 0 Å². The minimum Gasteiger partial charge on any atom is -0.339 e. The molecule has 1 spiro atoms. The summed E-state index contributed by atoms with van der Waals surface area (Å²) >= 11 is 2.89. The number of hydrogen-bond acceptors (Lipinski definition) is 1. The van der Waals surface area contributed by atoms with Crippen molar-refractivity contribution < 1.29 is 18.0 Å². The molecule has 6 heteroatoms. The van der Waals surface area contributed by atoms with Crippen LogP contribution in [0.25, 0.3) is 0 Å². The van der Waals surface area contributed by atoms with Crippen LogP contribution in [0.15, 0.2) is 22.7 Å². The first-order chi connectivity index (χ1) is 9.81. The predicted molar refractivity (Wildman–Crippen MR) is 75.9 cm³/mol. The number of amides is 1. The van der Waals surface area contributed by atoms with E-state index in [1.165, 1.54) is 25.0 Å². The fourth-order valence-electron chi connectivity index (χ4n) is 2.92. The van der Waals surface area contributed by atoms with E-state index in [2.05, 4.69) is 15.9 Å². The second-order valence-corrected chi connectivity index (χ2v) is 6.84. The zero-order valence-corrected chi connectivity index (χ0v) is 12.9. The average molecular weight is 362 g/mol. The van der Waals surface area contributed by atoms with Gasteiger partial charge in [0.2, 0.25) is 0 Å². The molecule has 1 aromatic rings. The van der Waals surface area contributed by atoms with E-state index >= 15 is 0 Å². The maximum absolute atomic E-state index is 12.9. The van der Waals surface area contributed by atoms with Gasteiger partial charge in [-0.3, -0.25) is 4.79 Å². The van der Waals surface area contributed by atoms with E-state index in [9.17, 15) is 18.0 Å². The van der Waals surface area contributed by atoms with E-state index in [0.717, 1.165) is 18.9 Å². The third kappa shape index (κ3) is 2.96. The average Bonchev–Trinajstić information content (AvgIpc) is 3.17. The molecule has 1 saturated carbocycles. The molecule has 21 heavy (non-hydrogen) atoms. The summed E-state index contributed by atoms with van der Waals surface area (Å²) in [6, 6.07) is 3.68. The highest BCUT2D eigenvalue weighted by atomic mass is 79.9. The number of carbonyl (C=O) groups excluding carboxylic acids is 1. The van der Waals surface area contributed by atoms with Crippen molar-refractivity contribution in [1.29, 1.82) is 0 Å². The molecule has 3 rings (SSSR count). The van der Waals surface area contributed by atoms with Crippen molar-refractivity contribution in [3.8, 4) is 0 Å². The Bertz CT molecular complexity index is 571. The van der Waals surface area contributed by atoms with Crippen molar-refractivity contribution in [2.45, 2.75) is 31.9 Å². The second kappa shape index (κ2) is 5.00. The van der Waals surface area contributed by atoms with Crippen molar-refractivity contribution in [2.24, 2.45) is 5.41 Å². The summed E-state index contributed by atoms with van der Waals surface area (Å²) in [5, 5.41) is 0. The zero-order chi connectivity index (χ0) is 15.3. The molecule has 2 nitrogen and oxygen atoms in total. The van der Waals surface area contributed by atoms with E-state index in [1.807, 2.05) is 0 Å². The van der Waals surface area contributed by atoms with Gasteiger partial charge in [-0.2, -0.15) is 13.2 Å². The predicted octanol–water partition coefficient (Wildman–Crippen LogP) is 4.48. The van der Waals surface area contributed by atoms with Crippen LogP contribution in [0.2, 0.25) is 0 Å². The summed E-state index contributed by atoms with van der Waals surface area (Å²) in [5.41, 5.74) is -0.255. The summed E-state index contributed by atoms with van der Waals surface area (Å²) in [5.74, 6) is -0.302. The number of likely N-dealkylation sites (tertiary alicyclic amines) is 1. The zero-order valence-electron chi connectivity index (χ0n) is 11.3. The van der Waals surface area contributed by atoms with Gasteiger partial charge in [-0.1, -0.05) is 15.9 Å². The molecular weight excluding hydrogens is 347 g/mol. The van der Waals surface area contributed by atoms with Crippen molar-refractivity contribution >= 4 is 21.8 Å². The van der Waals surface area contributed by atoms with Gasteiger partial charge in [0.1, 0.15) is 0 Å². The van der Waals surface area contributed by atoms with Crippen LogP contribution in [0.3, 0.4) is 0 Å². The second-order valence-electron chi connectivity index (χ2n) is 5.98. The highest BCUT2D eigenvalue weighted by molar-refractivity contribution is 9.10. The summed E-state index contributed by atoms with van der Waals surface area (Å²) < 4.78 is 38.6. The third-order valence-corrected chi connectivity index (χ3v) is 5.28. The van der Waals surface area contributed by atoms with Gasteiger partial charge in [0.25, 0.3) is 5.91 Å². The molecule has 114 valence electrons. The van der Waals surface area contributed by atoms with Crippen LogP contribution in [-0.4, -0.2) is 23.9 Å². The Balaban J connectivity index is 1.78. The largest absolute Gasteiger partial charge is 0.417 e. The number of hydrogen-bond donors (Lipinski definition) is 0. The summed E-state index contributed by atoms with van der Waals surface area (Å²) in [6.07, 6.45) is -0.0606. The molecule has 1 aromatic carbocycles. The molecule has 1 heterocycles. The molecule has 1 amide bonds. The maximum atomic E-state index is 12.9. The van der Waals surface area contributed by atoms with Crippen molar-refractivity contribution in [1.82, 2.24) is 4.90 Å². The minimum atomic E-state index is -4.46. The Morgan fingerprint density at radius 3 is 2.29 bits per heavy atom. The summed E-state index contributed by atoms with van der Waals surface area (Å²) in [4.78, 5) is 14.0. The summed E-state index contributed by atoms with van der Waals surface area (Å²) in [6.45, 7) is 1.30. The van der Waals surface area contributed by atoms with Gasteiger partial charge < -0.3 is 4.90 Å². The quantitative estimate of drug-likeness (QED) is 0.721. The number of halogens is 4. The lowest BCUT2D eigenvalue weighted by Gasteiger charge is -2.32. The van der Waals surface area contributed by atoms with Crippen LogP contribution in [0.5, 0.6) is 0 Å². The molecule has 0 bridgehead atoms. The van der Waals surface area contributed by atoms with E-state index in [0.29, 0.717) is 18.5 Å². The summed E-state index contributed by atoms with van der Waals surface area (Å²) in [7, 11) is 0. The molecule has 1 saturated heterocycles. The van der Waals surface area contributed by atoms with Crippen molar-refractivity contribution in [3.05, 3.63) is 33.8 Å². The van der Waals surface area contributed by atoms with E-state index in [-0.39, 0.29) is 15.9 Å². The van der Waals surface area contributed by atoms with Gasteiger partial charge in [-0.15, -0.1) is 0 Å². The molecule has 1 aliphatic heterocycles. The highest BCUT2D eigenvalue weighted by Gasteiger charge is 2.45. The standard InChI is InChI=1S/C15H15BrF3NO/c16-12-2-1-10(9-11(12)15(17,18)19)13(21)20-7-5-14(3-4-14)6-8-20/h1-2,9H,3-8H2. The first-order valence-electron chi connectivity index (χ1n) is 6.97. The SMILES string of the molecule is O=C(c1ccc(Br)c(C(F)(F)F)c1)N1CCC2(CC1)CC2. The van der Waals surface area contributed by atoms with Crippen LogP contribution >= 0.6 is 15.9 Å². The van der Waals surface area contributed by atoms with E-state index in [1.54, 1.807) is 4.90 Å². The number of nitrogens with zero attached hydrogens (tertiary/aromatic N) is 1. The van der Waals surface area contributed by atoms with Crippen LogP contribution in [0.4, 0.5) is 13.2 Å². The lowest BCUT2D eigenvalue weighted by atomic mass is 9.93. The van der Waals surface area contributed by atoms with Gasteiger partial charge in [-0.25, -0.2) is 0 Å². The molecule has 0 aromatic heterocycles. The van der Waals surface area contributed by atoms with Gasteiger partial charge >= 0.3 is 6.18 Å². The van der Waals surface area contributed by atoms with Gasteiger partial charge in [-0.05, 0) is 49.3 Å². The number of benzene rings is 1. The molecule has 0 atom stereocenters.